The van der Waals surface area contributed by atoms with Crippen LogP contribution in [0.5, 0.6) is 0 Å². The van der Waals surface area contributed by atoms with E-state index in [9.17, 15) is 19.1 Å². The second-order valence-corrected chi connectivity index (χ2v) is 7.64. The van der Waals surface area contributed by atoms with Crippen molar-refractivity contribution in [3.8, 4) is 0 Å². The van der Waals surface area contributed by atoms with Gasteiger partial charge < -0.3 is 15.3 Å². The highest BCUT2D eigenvalue weighted by molar-refractivity contribution is 5.89. The molecule has 1 aliphatic carbocycles. The smallest absolute Gasteiger partial charge is 0.341 e. The highest BCUT2D eigenvalue weighted by atomic mass is 19.1. The summed E-state index contributed by atoms with van der Waals surface area (Å²) in [5.41, 5.74) is 1.43. The van der Waals surface area contributed by atoms with Crippen molar-refractivity contribution in [1.29, 1.82) is 0 Å². The summed E-state index contributed by atoms with van der Waals surface area (Å²) in [4.78, 5) is 26.0. The number of hydrogen-bond acceptors (Lipinski definition) is 4. The molecule has 0 radical (unpaired) electrons. The summed E-state index contributed by atoms with van der Waals surface area (Å²) in [7, 11) is 0. The summed E-state index contributed by atoms with van der Waals surface area (Å²) in [5.74, 6) is -1.66. The molecule has 150 valence electrons. The molecule has 1 atom stereocenters. The lowest BCUT2D eigenvalue weighted by Gasteiger charge is -2.24. The van der Waals surface area contributed by atoms with Crippen molar-refractivity contribution in [2.24, 2.45) is 0 Å². The summed E-state index contributed by atoms with van der Waals surface area (Å²) in [6, 6.07) is 1.55. The van der Waals surface area contributed by atoms with Crippen LogP contribution in [0, 0.1) is 12.7 Å². The third-order valence-corrected chi connectivity index (χ3v) is 5.72. The minimum atomic E-state index is -1.30. The average Bonchev–Trinajstić information content (AvgIpc) is 3.39. The lowest BCUT2D eigenvalue weighted by Crippen LogP contribution is -2.34. The van der Waals surface area contributed by atoms with E-state index in [2.05, 4.69) is 5.32 Å². The molecule has 0 amide bonds. The molecule has 2 aromatic rings. The van der Waals surface area contributed by atoms with Crippen molar-refractivity contribution < 1.29 is 18.7 Å². The number of nitrogens with one attached hydrogen (secondary N) is 1. The normalized spacial score (nSPS) is 19.5. The predicted molar refractivity (Wildman–Crippen MR) is 102 cm³/mol. The third-order valence-electron chi connectivity index (χ3n) is 5.72. The van der Waals surface area contributed by atoms with Crippen LogP contribution in [-0.2, 0) is 0 Å². The zero-order valence-corrected chi connectivity index (χ0v) is 15.7. The Morgan fingerprint density at radius 1 is 1.36 bits per heavy atom. The zero-order chi connectivity index (χ0) is 20.0. The second-order valence-electron chi connectivity index (χ2n) is 7.64. The molecule has 4 rings (SSSR count). The van der Waals surface area contributed by atoms with Crippen molar-refractivity contribution >= 4 is 17.2 Å². The molecule has 2 N–H and O–H groups in total. The first-order chi connectivity index (χ1) is 13.4. The largest absolute Gasteiger partial charge is 0.477 e. The monoisotopic (exact) mass is 391 g/mol. The summed E-state index contributed by atoms with van der Waals surface area (Å²) in [6.07, 6.45) is 3.75. The number of fused-ring (bicyclic) bond motifs is 1. The number of nitrogens with zero attached hydrogens (tertiary/aromatic N) is 2. The maximum absolute atomic E-state index is 15.0. The third kappa shape index (κ3) is 3.15. The molecular formula is C20H23F2N3O3. The van der Waals surface area contributed by atoms with E-state index in [1.54, 1.807) is 6.92 Å². The summed E-state index contributed by atoms with van der Waals surface area (Å²) >= 11 is 0. The lowest BCUT2D eigenvalue weighted by atomic mass is 10.0. The molecule has 1 saturated heterocycles. The molecule has 1 aliphatic heterocycles. The van der Waals surface area contributed by atoms with Gasteiger partial charge in [0.05, 0.1) is 17.4 Å². The van der Waals surface area contributed by atoms with E-state index in [0.717, 1.165) is 35.4 Å². The van der Waals surface area contributed by atoms with Crippen LogP contribution in [0.3, 0.4) is 0 Å². The number of carboxylic acids is 1. The van der Waals surface area contributed by atoms with Gasteiger partial charge in [-0.25, -0.2) is 13.6 Å². The number of aryl methyl sites for hydroxylation is 1. The predicted octanol–water partition coefficient (Wildman–Crippen LogP) is 2.46. The maximum atomic E-state index is 15.0. The Bertz CT molecular complexity index is 1000. The molecule has 3 heterocycles. The maximum Gasteiger partial charge on any atom is 0.341 e. The van der Waals surface area contributed by atoms with E-state index < -0.39 is 24.0 Å². The molecule has 0 spiro atoms. The fourth-order valence-corrected chi connectivity index (χ4v) is 4.28. The number of aromatic nitrogens is 1. The molecule has 28 heavy (non-hydrogen) atoms. The molecule has 2 aromatic heterocycles. The van der Waals surface area contributed by atoms with Gasteiger partial charge in [-0.15, -0.1) is 0 Å². The van der Waals surface area contributed by atoms with E-state index in [4.69, 9.17) is 0 Å². The van der Waals surface area contributed by atoms with E-state index >= 15 is 4.39 Å². The van der Waals surface area contributed by atoms with Crippen LogP contribution >= 0.6 is 0 Å². The molecular weight excluding hydrogens is 368 g/mol. The van der Waals surface area contributed by atoms with E-state index in [1.807, 2.05) is 4.90 Å². The number of alkyl halides is 1. The summed E-state index contributed by atoms with van der Waals surface area (Å²) in [5, 5.41) is 12.5. The van der Waals surface area contributed by atoms with Crippen LogP contribution < -0.4 is 15.8 Å². The summed E-state index contributed by atoms with van der Waals surface area (Å²) in [6.45, 7) is 2.80. The van der Waals surface area contributed by atoms with Gasteiger partial charge in [-0.05, 0) is 49.3 Å². The summed E-state index contributed by atoms with van der Waals surface area (Å²) < 4.78 is 28.6. The highest BCUT2D eigenvalue weighted by Crippen LogP contribution is 2.44. The first-order valence-electron chi connectivity index (χ1n) is 9.58. The van der Waals surface area contributed by atoms with Gasteiger partial charge in [0.1, 0.15) is 12.2 Å². The quantitative estimate of drug-likeness (QED) is 0.791. The molecule has 0 bridgehead atoms. The van der Waals surface area contributed by atoms with E-state index in [0.29, 0.717) is 29.9 Å². The lowest BCUT2D eigenvalue weighted by molar-refractivity contribution is 0.0694. The Balaban J connectivity index is 1.84. The SMILES string of the molecule is Cc1c(N2CC[C@@H](NCCF)C2)c(F)cn2c(=O)c(C(=O)O)cc(C3CC3)c12. The van der Waals surface area contributed by atoms with Crippen molar-refractivity contribution in [2.75, 3.05) is 31.2 Å². The molecule has 2 aliphatic rings. The zero-order valence-electron chi connectivity index (χ0n) is 15.7. The number of carboxylic acid groups (broad SMARTS) is 1. The van der Waals surface area contributed by atoms with Crippen molar-refractivity contribution in [3.05, 3.63) is 45.1 Å². The molecule has 2 fully saturated rings. The first-order valence-corrected chi connectivity index (χ1v) is 9.58. The van der Waals surface area contributed by atoms with E-state index in [1.165, 1.54) is 6.07 Å². The molecule has 6 nitrogen and oxygen atoms in total. The van der Waals surface area contributed by atoms with Gasteiger partial charge in [0, 0.05) is 25.7 Å². The molecule has 0 unspecified atom stereocenters. The van der Waals surface area contributed by atoms with Gasteiger partial charge in [0.15, 0.2) is 5.82 Å². The number of anilines is 1. The number of carbonyl (C=O) groups is 1. The number of halogens is 2. The Hall–Kier alpha value is -2.48. The Labute approximate surface area is 160 Å². The Kier molecular flexibility index (Phi) is 4.82. The standard InChI is InChI=1S/C20H23F2N3O3/c1-11-17-14(12-2-3-12)8-15(20(27)28)19(26)25(17)10-16(22)18(11)24-7-4-13(9-24)23-6-5-21/h8,10,12-13,23H,2-7,9H2,1H3,(H,27,28)/t13-/m1/s1. The number of rotatable bonds is 6. The van der Waals surface area contributed by atoms with Crippen molar-refractivity contribution in [1.82, 2.24) is 9.72 Å². The van der Waals surface area contributed by atoms with Gasteiger partial charge in [-0.1, -0.05) is 0 Å². The topological polar surface area (TPSA) is 74.0 Å². The second kappa shape index (κ2) is 7.16. The van der Waals surface area contributed by atoms with Gasteiger partial charge in [0.25, 0.3) is 5.56 Å². The van der Waals surface area contributed by atoms with Crippen LogP contribution in [0.2, 0.25) is 0 Å². The van der Waals surface area contributed by atoms with Crippen LogP contribution in [0.4, 0.5) is 14.5 Å². The van der Waals surface area contributed by atoms with Crippen LogP contribution in [0.15, 0.2) is 17.1 Å². The average molecular weight is 391 g/mol. The Morgan fingerprint density at radius 3 is 2.75 bits per heavy atom. The number of aromatic carboxylic acids is 1. The van der Waals surface area contributed by atoms with Crippen LogP contribution in [0.1, 0.15) is 46.7 Å². The molecule has 1 saturated carbocycles. The first kappa shape index (κ1) is 18.9. The van der Waals surface area contributed by atoms with Gasteiger partial charge >= 0.3 is 5.97 Å². The van der Waals surface area contributed by atoms with Crippen molar-refractivity contribution in [2.45, 2.75) is 38.1 Å². The molecule has 8 heteroatoms. The number of hydrogen-bond donors (Lipinski definition) is 2. The fraction of sp³-hybridized carbons (Fsp3) is 0.500. The van der Waals surface area contributed by atoms with Gasteiger partial charge in [0.2, 0.25) is 0 Å². The van der Waals surface area contributed by atoms with Gasteiger partial charge in [-0.3, -0.25) is 9.20 Å². The minimum Gasteiger partial charge on any atom is -0.477 e. The van der Waals surface area contributed by atoms with E-state index in [-0.39, 0.29) is 24.1 Å². The van der Waals surface area contributed by atoms with Crippen LogP contribution in [-0.4, -0.2) is 47.8 Å². The van der Waals surface area contributed by atoms with Crippen molar-refractivity contribution in [3.63, 3.8) is 0 Å². The number of pyridine rings is 2. The van der Waals surface area contributed by atoms with Gasteiger partial charge in [-0.2, -0.15) is 0 Å². The highest BCUT2D eigenvalue weighted by Gasteiger charge is 2.32. The van der Waals surface area contributed by atoms with Crippen LogP contribution in [0.25, 0.3) is 5.52 Å². The Morgan fingerprint density at radius 2 is 2.11 bits per heavy atom. The minimum absolute atomic E-state index is 0.0882. The fourth-order valence-electron chi connectivity index (χ4n) is 4.28. The molecule has 0 aromatic carbocycles.